The quantitative estimate of drug-likeness (QED) is 0.411. The number of anilines is 1. The lowest BCUT2D eigenvalue weighted by atomic mass is 10.0. The van der Waals surface area contributed by atoms with Crippen LogP contribution in [0.5, 0.6) is 0 Å². The Kier molecular flexibility index (Phi) is 6.01. The summed E-state index contributed by atoms with van der Waals surface area (Å²) < 4.78 is 2.09. The molecule has 3 heterocycles. The van der Waals surface area contributed by atoms with Crippen molar-refractivity contribution >= 4 is 33.6 Å². The molecule has 9 nitrogen and oxygen atoms in total. The van der Waals surface area contributed by atoms with Gasteiger partial charge < -0.3 is 22.2 Å². The number of nitrogens with two attached hydrogens (primary N) is 2. The molecular weight excluding hydrogens is 462 g/mol. The highest BCUT2D eigenvalue weighted by Crippen LogP contribution is 2.29. The molecule has 1 fully saturated rings. The van der Waals surface area contributed by atoms with Gasteiger partial charge in [-0.2, -0.15) is 0 Å². The minimum absolute atomic E-state index is 0.0339. The first-order valence-corrected chi connectivity index (χ1v) is 10.7. The van der Waals surface area contributed by atoms with Crippen molar-refractivity contribution in [3.05, 3.63) is 64.1 Å². The first-order chi connectivity index (χ1) is 14.9. The van der Waals surface area contributed by atoms with Gasteiger partial charge in [0.2, 0.25) is 0 Å². The Labute approximate surface area is 187 Å². The number of hydrogen-bond acceptors (Lipinski definition) is 6. The van der Waals surface area contributed by atoms with E-state index in [4.69, 9.17) is 11.6 Å². The summed E-state index contributed by atoms with van der Waals surface area (Å²) in [6, 6.07) is 10.2. The van der Waals surface area contributed by atoms with E-state index in [0.29, 0.717) is 28.5 Å². The van der Waals surface area contributed by atoms with Gasteiger partial charge in [-0.15, -0.1) is 0 Å². The van der Waals surface area contributed by atoms with Gasteiger partial charge in [0.1, 0.15) is 17.3 Å². The maximum absolute atomic E-state index is 12.5. The van der Waals surface area contributed by atoms with E-state index in [1.165, 1.54) is 4.68 Å². The number of primary amides is 1. The minimum Gasteiger partial charge on any atom is -0.364 e. The lowest BCUT2D eigenvalue weighted by molar-refractivity contribution is 0.0991. The third-order valence-corrected chi connectivity index (χ3v) is 5.67. The van der Waals surface area contributed by atoms with E-state index in [0.717, 1.165) is 30.3 Å². The normalized spacial score (nSPS) is 16.1. The zero-order chi connectivity index (χ0) is 22.0. The van der Waals surface area contributed by atoms with Crippen LogP contribution in [0.4, 0.5) is 5.82 Å². The third kappa shape index (κ3) is 4.44. The number of carbonyl (C=O) groups excluding carboxylic acids is 2. The molecule has 10 heteroatoms. The van der Waals surface area contributed by atoms with Crippen molar-refractivity contribution < 1.29 is 9.59 Å². The number of nitrogen functional groups attached to an aromatic ring is 1. The number of hydrogen-bond donors (Lipinski definition) is 4. The molecule has 2 amide bonds. The van der Waals surface area contributed by atoms with Gasteiger partial charge in [0.05, 0.1) is 6.04 Å². The lowest BCUT2D eigenvalue weighted by Crippen LogP contribution is -2.32. The molecule has 1 aliphatic heterocycles. The highest BCUT2D eigenvalue weighted by Gasteiger charge is 2.27. The van der Waals surface area contributed by atoms with Crippen molar-refractivity contribution in [2.24, 2.45) is 5.73 Å². The molecule has 4 rings (SSSR count). The second-order valence-corrected chi connectivity index (χ2v) is 8.21. The van der Waals surface area contributed by atoms with Crippen LogP contribution in [0, 0.1) is 0 Å². The van der Waals surface area contributed by atoms with E-state index < -0.39 is 5.91 Å². The number of amides is 2. The van der Waals surface area contributed by atoms with Gasteiger partial charge in [-0.25, -0.2) is 14.6 Å². The number of pyridine rings is 1. The molecule has 1 aromatic carbocycles. The number of halogens is 1. The fourth-order valence-electron chi connectivity index (χ4n) is 3.65. The lowest BCUT2D eigenvalue weighted by Gasteiger charge is -2.22. The molecule has 0 saturated carbocycles. The maximum atomic E-state index is 12.5. The largest absolute Gasteiger partial charge is 0.364 e. The maximum Gasteiger partial charge on any atom is 0.269 e. The smallest absolute Gasteiger partial charge is 0.269 e. The van der Waals surface area contributed by atoms with Gasteiger partial charge in [0, 0.05) is 21.8 Å². The molecule has 0 bridgehead atoms. The Morgan fingerprint density at radius 3 is 2.61 bits per heavy atom. The number of rotatable bonds is 5. The molecule has 6 N–H and O–H groups in total. The van der Waals surface area contributed by atoms with Crippen LogP contribution in [-0.2, 0) is 0 Å². The molecule has 0 spiro atoms. The molecular formula is C21H22BrN7O2. The van der Waals surface area contributed by atoms with E-state index in [1.807, 2.05) is 0 Å². The number of nitrogens with zero attached hydrogens (tertiary/aromatic N) is 3. The monoisotopic (exact) mass is 483 g/mol. The second kappa shape index (κ2) is 8.86. The summed E-state index contributed by atoms with van der Waals surface area (Å²) in [7, 11) is 0. The molecule has 3 aromatic rings. The summed E-state index contributed by atoms with van der Waals surface area (Å²) in [5, 5.41) is 6.12. The van der Waals surface area contributed by atoms with Crippen LogP contribution < -0.4 is 22.2 Å². The van der Waals surface area contributed by atoms with Gasteiger partial charge in [-0.1, -0.05) is 34.5 Å². The van der Waals surface area contributed by atoms with Crippen molar-refractivity contribution in [1.29, 1.82) is 0 Å². The van der Waals surface area contributed by atoms with E-state index in [-0.39, 0.29) is 17.6 Å². The summed E-state index contributed by atoms with van der Waals surface area (Å²) in [5.74, 6) is 6.24. The summed E-state index contributed by atoms with van der Waals surface area (Å²) in [6.45, 7) is 0.870. The Hall–Kier alpha value is -3.24. The van der Waals surface area contributed by atoms with Crippen molar-refractivity contribution in [2.45, 2.75) is 25.3 Å². The fourth-order valence-corrected chi connectivity index (χ4v) is 3.98. The van der Waals surface area contributed by atoms with Crippen LogP contribution in [0.2, 0.25) is 0 Å². The first-order valence-electron chi connectivity index (χ1n) is 9.88. The standard InChI is InChI=1S/C21H22BrN7O2/c22-14-8-10-26-16(11-14)27-21(31)13-6-4-12(5-7-13)17-18(19(23)30)29(24)20(28-17)15-3-1-2-9-25-15/h4-8,10-11,15,25H,1-3,9,24H2,(H2,23,30)(H,26,27,31). The van der Waals surface area contributed by atoms with Crippen molar-refractivity contribution in [3.63, 3.8) is 0 Å². The molecule has 2 aromatic heterocycles. The zero-order valence-electron chi connectivity index (χ0n) is 16.6. The van der Waals surface area contributed by atoms with Gasteiger partial charge in [0.15, 0.2) is 5.69 Å². The molecule has 0 aliphatic carbocycles. The van der Waals surface area contributed by atoms with E-state index in [9.17, 15) is 9.59 Å². The van der Waals surface area contributed by atoms with E-state index in [2.05, 4.69) is 36.5 Å². The third-order valence-electron chi connectivity index (χ3n) is 5.18. The number of benzene rings is 1. The molecule has 1 aliphatic rings. The van der Waals surface area contributed by atoms with Crippen LogP contribution in [0.25, 0.3) is 11.3 Å². The fraction of sp³-hybridized carbons (Fsp3) is 0.238. The van der Waals surface area contributed by atoms with Crippen molar-refractivity contribution in [3.8, 4) is 11.3 Å². The molecule has 1 atom stereocenters. The van der Waals surface area contributed by atoms with Crippen molar-refractivity contribution in [2.75, 3.05) is 17.7 Å². The first kappa shape index (κ1) is 21.0. The molecule has 1 saturated heterocycles. The molecule has 31 heavy (non-hydrogen) atoms. The second-order valence-electron chi connectivity index (χ2n) is 7.29. The summed E-state index contributed by atoms with van der Waals surface area (Å²) >= 11 is 3.35. The Bertz CT molecular complexity index is 1120. The van der Waals surface area contributed by atoms with E-state index >= 15 is 0 Å². The number of imidazole rings is 1. The van der Waals surface area contributed by atoms with Crippen LogP contribution in [0.15, 0.2) is 47.1 Å². The van der Waals surface area contributed by atoms with Crippen molar-refractivity contribution in [1.82, 2.24) is 20.0 Å². The predicted octanol–water partition coefficient (Wildman–Crippen LogP) is 2.59. The SMILES string of the molecule is NC(=O)c1c(-c2ccc(C(=O)Nc3cc(Br)ccn3)cc2)nc(C2CCCCN2)n1N. The molecule has 1 unspecified atom stereocenters. The Balaban J connectivity index is 1.61. The van der Waals surface area contributed by atoms with Crippen LogP contribution >= 0.6 is 15.9 Å². The average Bonchev–Trinajstić information content (AvgIpc) is 3.12. The van der Waals surface area contributed by atoms with Crippen LogP contribution in [-0.4, -0.2) is 33.0 Å². The zero-order valence-corrected chi connectivity index (χ0v) is 18.2. The Morgan fingerprint density at radius 2 is 1.97 bits per heavy atom. The summed E-state index contributed by atoms with van der Waals surface area (Å²) in [6.07, 6.45) is 4.63. The topological polar surface area (TPSA) is 141 Å². The van der Waals surface area contributed by atoms with E-state index in [1.54, 1.807) is 42.6 Å². The summed E-state index contributed by atoms with van der Waals surface area (Å²) in [5.41, 5.74) is 7.22. The number of piperidine rings is 1. The van der Waals surface area contributed by atoms with Gasteiger partial charge >= 0.3 is 0 Å². The summed E-state index contributed by atoms with van der Waals surface area (Å²) in [4.78, 5) is 33.4. The highest BCUT2D eigenvalue weighted by molar-refractivity contribution is 9.10. The van der Waals surface area contributed by atoms with Gasteiger partial charge in [-0.05, 0) is 43.7 Å². The van der Waals surface area contributed by atoms with Gasteiger partial charge in [-0.3, -0.25) is 9.59 Å². The molecule has 160 valence electrons. The van der Waals surface area contributed by atoms with Crippen LogP contribution in [0.3, 0.4) is 0 Å². The Morgan fingerprint density at radius 1 is 1.19 bits per heavy atom. The number of aromatic nitrogens is 3. The average molecular weight is 484 g/mol. The predicted molar refractivity (Wildman–Crippen MR) is 121 cm³/mol. The van der Waals surface area contributed by atoms with Crippen LogP contribution in [0.1, 0.15) is 52.0 Å². The molecule has 0 radical (unpaired) electrons. The highest BCUT2D eigenvalue weighted by atomic mass is 79.9. The number of nitrogens with one attached hydrogen (secondary N) is 2. The van der Waals surface area contributed by atoms with Gasteiger partial charge in [0.25, 0.3) is 11.8 Å². The number of carbonyl (C=O) groups is 2. The minimum atomic E-state index is -0.658.